The van der Waals surface area contributed by atoms with Gasteiger partial charge in [-0.2, -0.15) is 0 Å². The van der Waals surface area contributed by atoms with Gasteiger partial charge in [0.2, 0.25) is 5.91 Å². The van der Waals surface area contributed by atoms with Crippen molar-refractivity contribution in [2.24, 2.45) is 0 Å². The highest BCUT2D eigenvalue weighted by Crippen LogP contribution is 2.27. The van der Waals surface area contributed by atoms with Gasteiger partial charge in [0.05, 0.1) is 0 Å². The lowest BCUT2D eigenvalue weighted by molar-refractivity contribution is -0.118. The maximum Gasteiger partial charge on any atom is 0.249 e. The topological polar surface area (TPSA) is 32.3 Å². The lowest BCUT2D eigenvalue weighted by Crippen LogP contribution is -2.39. The van der Waals surface area contributed by atoms with E-state index in [0.717, 1.165) is 23.4 Å². The van der Waals surface area contributed by atoms with Gasteiger partial charge in [0.25, 0.3) is 0 Å². The molecule has 2 aromatic rings. The van der Waals surface area contributed by atoms with E-state index in [0.29, 0.717) is 0 Å². The number of aryl methyl sites for hydroxylation is 1. The van der Waals surface area contributed by atoms with E-state index in [1.54, 1.807) is 4.90 Å². The van der Waals surface area contributed by atoms with E-state index in [9.17, 15) is 4.79 Å². The van der Waals surface area contributed by atoms with Gasteiger partial charge in [0, 0.05) is 24.8 Å². The van der Waals surface area contributed by atoms with Gasteiger partial charge in [0.15, 0.2) is 0 Å². The van der Waals surface area contributed by atoms with E-state index >= 15 is 0 Å². The molecule has 3 nitrogen and oxygen atoms in total. The van der Waals surface area contributed by atoms with E-state index in [2.05, 4.69) is 11.4 Å². The van der Waals surface area contributed by atoms with Crippen LogP contribution in [0.4, 0.5) is 11.4 Å². The molecule has 0 aliphatic carbocycles. The van der Waals surface area contributed by atoms with Crippen LogP contribution in [-0.2, 0) is 11.2 Å². The van der Waals surface area contributed by atoms with Crippen LogP contribution >= 0.6 is 0 Å². The lowest BCUT2D eigenvalue weighted by atomic mass is 10.1. The van der Waals surface area contributed by atoms with E-state index < -0.39 is 0 Å². The Morgan fingerprint density at radius 1 is 1.20 bits per heavy atom. The first-order chi connectivity index (χ1) is 9.65. The summed E-state index contributed by atoms with van der Waals surface area (Å²) >= 11 is 0. The fourth-order valence-corrected chi connectivity index (χ4v) is 2.64. The summed E-state index contributed by atoms with van der Waals surface area (Å²) < 4.78 is 0. The van der Waals surface area contributed by atoms with Crippen molar-refractivity contribution < 1.29 is 4.79 Å². The average Bonchev–Trinajstić information content (AvgIpc) is 2.89. The first-order valence-electron chi connectivity index (χ1n) is 6.84. The number of benzene rings is 2. The molecule has 0 spiro atoms. The Morgan fingerprint density at radius 2 is 2.00 bits per heavy atom. The zero-order chi connectivity index (χ0) is 14.1. The maximum atomic E-state index is 12.6. The first kappa shape index (κ1) is 12.7. The van der Waals surface area contributed by atoms with Crippen LogP contribution in [0.1, 0.15) is 11.1 Å². The Kier molecular flexibility index (Phi) is 3.18. The Bertz CT molecular complexity index is 626. The minimum absolute atomic E-state index is 0.104. The molecule has 20 heavy (non-hydrogen) atoms. The Morgan fingerprint density at radius 3 is 2.75 bits per heavy atom. The fraction of sp³-hybridized carbons (Fsp3) is 0.235. The molecule has 0 fully saturated rings. The van der Waals surface area contributed by atoms with Crippen LogP contribution in [0.2, 0.25) is 0 Å². The molecule has 1 amide bonds. The molecule has 1 heterocycles. The Hall–Kier alpha value is -2.29. The molecule has 3 rings (SSSR count). The third kappa shape index (κ3) is 2.27. The second kappa shape index (κ2) is 5.00. The summed E-state index contributed by atoms with van der Waals surface area (Å²) in [6, 6.07) is 15.9. The number of carbonyl (C=O) groups is 1. The van der Waals surface area contributed by atoms with E-state index in [1.165, 1.54) is 5.56 Å². The normalized spacial score (nSPS) is 16.4. The molecular weight excluding hydrogens is 248 g/mol. The number of carbonyl (C=O) groups excluding carboxylic acids is 1. The molecule has 1 unspecified atom stereocenters. The first-order valence-corrected chi connectivity index (χ1v) is 6.84. The van der Waals surface area contributed by atoms with Crippen LogP contribution in [0.25, 0.3) is 0 Å². The summed E-state index contributed by atoms with van der Waals surface area (Å²) in [4.78, 5) is 14.3. The monoisotopic (exact) mass is 266 g/mol. The number of fused-ring (bicyclic) bond motifs is 1. The highest BCUT2D eigenvalue weighted by Gasteiger charge is 2.29. The summed E-state index contributed by atoms with van der Waals surface area (Å²) in [6.07, 6.45) is 0.755. The summed E-state index contributed by atoms with van der Waals surface area (Å²) in [5.41, 5.74) is 4.38. The second-order valence-corrected chi connectivity index (χ2v) is 5.29. The van der Waals surface area contributed by atoms with Gasteiger partial charge in [-0.15, -0.1) is 0 Å². The molecule has 0 saturated carbocycles. The van der Waals surface area contributed by atoms with E-state index in [-0.39, 0.29) is 11.9 Å². The summed E-state index contributed by atoms with van der Waals surface area (Å²) in [6.45, 7) is 2.03. The third-order valence-electron chi connectivity index (χ3n) is 3.79. The second-order valence-electron chi connectivity index (χ2n) is 5.29. The van der Waals surface area contributed by atoms with E-state index in [4.69, 9.17) is 0 Å². The van der Waals surface area contributed by atoms with Crippen molar-refractivity contribution in [2.75, 3.05) is 17.3 Å². The van der Waals surface area contributed by atoms with Crippen LogP contribution < -0.4 is 10.2 Å². The highest BCUT2D eigenvalue weighted by molar-refractivity contribution is 5.99. The minimum atomic E-state index is -0.169. The maximum absolute atomic E-state index is 12.6. The molecule has 1 N–H and O–H groups in total. The van der Waals surface area contributed by atoms with Crippen molar-refractivity contribution in [3.63, 3.8) is 0 Å². The van der Waals surface area contributed by atoms with Crippen LogP contribution in [0.15, 0.2) is 48.5 Å². The zero-order valence-corrected chi connectivity index (χ0v) is 11.8. The number of amides is 1. The smallest absolute Gasteiger partial charge is 0.249 e. The predicted molar refractivity (Wildman–Crippen MR) is 82.1 cm³/mol. The summed E-state index contributed by atoms with van der Waals surface area (Å²) in [7, 11) is 1.84. The van der Waals surface area contributed by atoms with Crippen LogP contribution in [0.3, 0.4) is 0 Å². The molecule has 0 saturated heterocycles. The molecule has 102 valence electrons. The van der Waals surface area contributed by atoms with Gasteiger partial charge in [-0.25, -0.2) is 0 Å². The largest absolute Gasteiger partial charge is 0.373 e. The van der Waals surface area contributed by atoms with Crippen LogP contribution in [0, 0.1) is 6.92 Å². The van der Waals surface area contributed by atoms with Crippen molar-refractivity contribution in [3.8, 4) is 0 Å². The number of anilines is 2. The van der Waals surface area contributed by atoms with E-state index in [1.807, 2.05) is 56.4 Å². The minimum Gasteiger partial charge on any atom is -0.373 e. The van der Waals surface area contributed by atoms with Crippen molar-refractivity contribution in [3.05, 3.63) is 59.7 Å². The number of nitrogens with zero attached hydrogens (tertiary/aromatic N) is 1. The fourth-order valence-electron chi connectivity index (χ4n) is 2.64. The van der Waals surface area contributed by atoms with Gasteiger partial charge in [-0.1, -0.05) is 30.3 Å². The predicted octanol–water partition coefficient (Wildman–Crippen LogP) is 2.99. The van der Waals surface area contributed by atoms with Gasteiger partial charge >= 0.3 is 0 Å². The number of para-hydroxylation sites is 1. The van der Waals surface area contributed by atoms with Crippen LogP contribution in [-0.4, -0.2) is 19.0 Å². The highest BCUT2D eigenvalue weighted by atomic mass is 16.2. The molecule has 3 heteroatoms. The molecule has 0 aromatic heterocycles. The molecule has 1 aliphatic rings. The average molecular weight is 266 g/mol. The number of hydrogen-bond acceptors (Lipinski definition) is 2. The van der Waals surface area contributed by atoms with Gasteiger partial charge in [-0.3, -0.25) is 4.79 Å². The summed E-state index contributed by atoms with van der Waals surface area (Å²) in [5.74, 6) is 0.104. The Labute approximate surface area is 119 Å². The zero-order valence-electron chi connectivity index (χ0n) is 11.8. The molecule has 1 aliphatic heterocycles. The quantitative estimate of drug-likeness (QED) is 0.906. The SMILES string of the molecule is Cc1cccc(N(C)C(=O)C2Cc3ccccc3N2)c1. The third-order valence-corrected chi connectivity index (χ3v) is 3.79. The Balaban J connectivity index is 1.78. The number of nitrogens with one attached hydrogen (secondary N) is 1. The van der Waals surface area contributed by atoms with Crippen LogP contribution in [0.5, 0.6) is 0 Å². The molecule has 2 aromatic carbocycles. The number of hydrogen-bond donors (Lipinski definition) is 1. The molecule has 1 atom stereocenters. The molecule has 0 bridgehead atoms. The van der Waals surface area contributed by atoms with Gasteiger partial charge in [-0.05, 0) is 36.2 Å². The molecule has 0 radical (unpaired) electrons. The van der Waals surface area contributed by atoms with Crippen molar-refractivity contribution in [2.45, 2.75) is 19.4 Å². The molecular formula is C17H18N2O. The number of rotatable bonds is 2. The standard InChI is InChI=1S/C17H18N2O/c1-12-6-5-8-14(10-12)19(2)17(20)16-11-13-7-3-4-9-15(13)18-16/h3-10,16,18H,11H2,1-2H3. The summed E-state index contributed by atoms with van der Waals surface area (Å²) in [5, 5.41) is 3.31. The van der Waals surface area contributed by atoms with Gasteiger partial charge in [0.1, 0.15) is 6.04 Å². The van der Waals surface area contributed by atoms with Crippen molar-refractivity contribution in [1.29, 1.82) is 0 Å². The van der Waals surface area contributed by atoms with Crippen molar-refractivity contribution >= 4 is 17.3 Å². The lowest BCUT2D eigenvalue weighted by Gasteiger charge is -2.22. The van der Waals surface area contributed by atoms with Crippen molar-refractivity contribution in [1.82, 2.24) is 0 Å². The van der Waals surface area contributed by atoms with Gasteiger partial charge < -0.3 is 10.2 Å². The number of likely N-dealkylation sites (N-methyl/N-ethyl adjacent to an activating group) is 1.